The average molecular weight is 657 g/mol. The maximum atomic E-state index is 14.0. The first-order chi connectivity index (χ1) is 22.6. The molecule has 0 saturated carbocycles. The Kier molecular flexibility index (Phi) is 8.86. The molecule has 3 N–H and O–H groups in total. The first-order valence-corrected chi connectivity index (χ1v) is 16.9. The molecule has 4 aliphatic rings. The number of benzene rings is 2. The van der Waals surface area contributed by atoms with Gasteiger partial charge in [-0.2, -0.15) is 0 Å². The molecule has 0 amide bonds. The second-order valence-corrected chi connectivity index (χ2v) is 15.0. The van der Waals surface area contributed by atoms with Crippen LogP contribution in [0.5, 0.6) is 5.75 Å². The van der Waals surface area contributed by atoms with Crippen LogP contribution in [0, 0.1) is 23.2 Å². The van der Waals surface area contributed by atoms with Gasteiger partial charge in [-0.05, 0) is 85.4 Å². The van der Waals surface area contributed by atoms with Crippen molar-refractivity contribution in [3.63, 3.8) is 0 Å². The summed E-state index contributed by atoms with van der Waals surface area (Å²) in [5, 5.41) is 32.0. The zero-order valence-electron chi connectivity index (χ0n) is 28.6. The summed E-state index contributed by atoms with van der Waals surface area (Å²) in [6, 6.07) is 14.8. The Morgan fingerprint density at radius 2 is 1.83 bits per heavy atom. The molecule has 6 rings (SSSR count). The van der Waals surface area contributed by atoms with Crippen molar-refractivity contribution in [3.05, 3.63) is 101 Å². The van der Waals surface area contributed by atoms with Gasteiger partial charge in [0.15, 0.2) is 11.6 Å². The van der Waals surface area contributed by atoms with Gasteiger partial charge in [0.1, 0.15) is 18.0 Å². The van der Waals surface area contributed by atoms with Gasteiger partial charge >= 0.3 is 5.97 Å². The molecule has 0 radical (unpaired) electrons. The van der Waals surface area contributed by atoms with Crippen molar-refractivity contribution < 1.29 is 39.1 Å². The molecule has 2 aromatic rings. The van der Waals surface area contributed by atoms with E-state index in [1.54, 1.807) is 19.1 Å². The van der Waals surface area contributed by atoms with Crippen molar-refractivity contribution >= 4 is 11.8 Å². The minimum Gasteiger partial charge on any atom is -0.508 e. The van der Waals surface area contributed by atoms with Crippen LogP contribution in [-0.2, 0) is 43.2 Å². The van der Waals surface area contributed by atoms with E-state index in [0.717, 1.165) is 11.1 Å². The van der Waals surface area contributed by atoms with Crippen LogP contribution in [0.25, 0.3) is 0 Å². The molecular weight excluding hydrogens is 608 g/mol. The molecule has 2 fully saturated rings. The molecule has 2 aliphatic heterocycles. The van der Waals surface area contributed by atoms with Crippen LogP contribution in [0.2, 0.25) is 0 Å². The zero-order chi connectivity index (χ0) is 34.6. The minimum absolute atomic E-state index is 0.0203. The van der Waals surface area contributed by atoms with E-state index in [-0.39, 0.29) is 55.5 Å². The van der Waals surface area contributed by atoms with Gasteiger partial charge in [0.2, 0.25) is 0 Å². The summed E-state index contributed by atoms with van der Waals surface area (Å²) in [6.45, 7) is 14.0. The highest BCUT2D eigenvalue weighted by Gasteiger charge is 2.69. The molecule has 2 saturated heterocycles. The molecule has 1 unspecified atom stereocenters. The van der Waals surface area contributed by atoms with Crippen molar-refractivity contribution in [2.45, 2.75) is 96.4 Å². The van der Waals surface area contributed by atoms with E-state index in [1.807, 2.05) is 38.1 Å². The van der Waals surface area contributed by atoms with Crippen LogP contribution in [0.15, 0.2) is 84.0 Å². The number of carbonyl (C=O) groups is 2. The van der Waals surface area contributed by atoms with Gasteiger partial charge < -0.3 is 29.5 Å². The Bertz CT molecular complexity index is 1680. The third-order valence-corrected chi connectivity index (χ3v) is 11.6. The number of aromatic hydroxyl groups is 1. The number of hydrogen-bond donors (Lipinski definition) is 3. The zero-order valence-corrected chi connectivity index (χ0v) is 28.6. The average Bonchev–Trinajstić information content (AvgIpc) is 3.13. The van der Waals surface area contributed by atoms with Gasteiger partial charge in [0.05, 0.1) is 24.7 Å². The molecule has 2 heterocycles. The second kappa shape index (κ2) is 12.4. The Balaban J connectivity index is 1.40. The number of aliphatic hydroxyl groups is 2. The van der Waals surface area contributed by atoms with Gasteiger partial charge in [0.25, 0.3) is 0 Å². The maximum Gasteiger partial charge on any atom is 0.310 e. The summed E-state index contributed by atoms with van der Waals surface area (Å²) in [5.74, 6) is -2.65. The molecule has 1 spiro atoms. The summed E-state index contributed by atoms with van der Waals surface area (Å²) in [5.41, 5.74) is 1.000. The number of esters is 1. The predicted octanol–water partition coefficient (Wildman–Crippen LogP) is 5.92. The van der Waals surface area contributed by atoms with E-state index in [9.17, 15) is 24.9 Å². The van der Waals surface area contributed by atoms with Crippen molar-refractivity contribution in [3.8, 4) is 5.75 Å². The number of Topliss-reactive ketones (excluding diaryl/α,β-unsaturated/α-hetero) is 1. The number of hydrogen-bond acceptors (Lipinski definition) is 8. The number of ketones is 1. The molecule has 48 heavy (non-hydrogen) atoms. The lowest BCUT2D eigenvalue weighted by atomic mass is 9.51. The van der Waals surface area contributed by atoms with E-state index >= 15 is 0 Å². The predicted molar refractivity (Wildman–Crippen MR) is 181 cm³/mol. The molecule has 2 aliphatic carbocycles. The second-order valence-electron chi connectivity index (χ2n) is 15.0. The summed E-state index contributed by atoms with van der Waals surface area (Å²) >= 11 is 0. The number of carbonyl (C=O) groups excluding carboxylic acids is 2. The van der Waals surface area contributed by atoms with Crippen molar-refractivity contribution in [2.24, 2.45) is 23.2 Å². The highest BCUT2D eigenvalue weighted by Crippen LogP contribution is 2.66. The monoisotopic (exact) mass is 656 g/mol. The van der Waals surface area contributed by atoms with Crippen LogP contribution in [-0.4, -0.2) is 56.8 Å². The number of fused-ring (bicyclic) bond motifs is 2. The Morgan fingerprint density at radius 3 is 2.52 bits per heavy atom. The van der Waals surface area contributed by atoms with E-state index in [1.165, 1.54) is 6.07 Å². The SMILES string of the molecule is C=C(C)[C@@]1(C)C[C@@H](C)[C@@]23C[C@](Cc4ccccc4)(O[C@@H](C)C2C=C(COC(=O)Cc2ccc(O)c(CO)c2)C[C@]2(O)C(=O)C(C)=C[C@@H]32)O1. The van der Waals surface area contributed by atoms with Crippen LogP contribution >= 0.6 is 0 Å². The molecule has 8 heteroatoms. The molecule has 0 aromatic heterocycles. The maximum absolute atomic E-state index is 14.0. The first kappa shape index (κ1) is 34.3. The number of aliphatic hydroxyl groups excluding tert-OH is 1. The van der Waals surface area contributed by atoms with Crippen LogP contribution in [0.3, 0.4) is 0 Å². The van der Waals surface area contributed by atoms with Crippen LogP contribution < -0.4 is 0 Å². The fourth-order valence-corrected chi connectivity index (χ4v) is 9.25. The minimum atomic E-state index is -1.72. The summed E-state index contributed by atoms with van der Waals surface area (Å²) in [6.07, 6.45) is 5.27. The number of ether oxygens (including phenoxy) is 3. The van der Waals surface area contributed by atoms with Crippen LogP contribution in [0.4, 0.5) is 0 Å². The summed E-state index contributed by atoms with van der Waals surface area (Å²) in [4.78, 5) is 27.0. The van der Waals surface area contributed by atoms with Gasteiger partial charge in [-0.3, -0.25) is 9.59 Å². The smallest absolute Gasteiger partial charge is 0.310 e. The largest absolute Gasteiger partial charge is 0.508 e. The van der Waals surface area contributed by atoms with E-state index in [2.05, 4.69) is 38.6 Å². The molecule has 8 nitrogen and oxygen atoms in total. The summed E-state index contributed by atoms with van der Waals surface area (Å²) < 4.78 is 19.9. The van der Waals surface area contributed by atoms with Crippen molar-refractivity contribution in [1.29, 1.82) is 0 Å². The summed E-state index contributed by atoms with van der Waals surface area (Å²) in [7, 11) is 0. The normalized spacial score (nSPS) is 35.8. The molecule has 2 bridgehead atoms. The number of phenols is 1. The van der Waals surface area contributed by atoms with Crippen molar-refractivity contribution in [2.75, 3.05) is 6.61 Å². The topological polar surface area (TPSA) is 123 Å². The van der Waals surface area contributed by atoms with Gasteiger partial charge in [-0.15, -0.1) is 0 Å². The molecular formula is C40H48O8. The van der Waals surface area contributed by atoms with E-state index < -0.39 is 34.3 Å². The van der Waals surface area contributed by atoms with E-state index in [0.29, 0.717) is 41.5 Å². The highest BCUT2D eigenvalue weighted by molar-refractivity contribution is 6.04. The quantitative estimate of drug-likeness (QED) is 0.237. The molecule has 2 aromatic carbocycles. The fraction of sp³-hybridized carbons (Fsp3) is 0.500. The Labute approximate surface area is 283 Å². The third-order valence-electron chi connectivity index (χ3n) is 11.6. The van der Waals surface area contributed by atoms with Crippen LogP contribution in [0.1, 0.15) is 70.6 Å². The molecule has 256 valence electrons. The lowest BCUT2D eigenvalue weighted by Gasteiger charge is -2.58. The van der Waals surface area contributed by atoms with Gasteiger partial charge in [0, 0.05) is 36.7 Å². The van der Waals surface area contributed by atoms with Crippen molar-refractivity contribution in [1.82, 2.24) is 0 Å². The third kappa shape index (κ3) is 5.76. The Hall–Kier alpha value is -3.56. The Morgan fingerprint density at radius 1 is 1.10 bits per heavy atom. The highest BCUT2D eigenvalue weighted by atomic mass is 16.7. The lowest BCUT2D eigenvalue weighted by molar-refractivity contribution is -0.332. The number of rotatable bonds is 8. The van der Waals surface area contributed by atoms with Gasteiger partial charge in [-0.1, -0.05) is 62.1 Å². The van der Waals surface area contributed by atoms with E-state index in [4.69, 9.17) is 14.2 Å². The first-order valence-electron chi connectivity index (χ1n) is 16.9. The van der Waals surface area contributed by atoms with Gasteiger partial charge in [-0.25, -0.2) is 0 Å². The standard InChI is InChI=1S/C40H48O8/c1-24(2)37(6)18-26(4)39-23-38(48-37,19-28-10-8-7-9-11-28)47-27(5)32(39)16-30(20-40(45)34(39)14-25(3)36(40)44)22-46-35(43)17-29-12-13-33(42)31(15-29)21-41/h7-16,26-27,32,34,41-42,45H,1,17-23H2,2-6H3/t26-,27+,32?,34+,37-,38-,39+,40-/m1/s1. The lowest BCUT2D eigenvalue weighted by Crippen LogP contribution is -2.62. The fourth-order valence-electron chi connectivity index (χ4n) is 9.25. The molecule has 8 atom stereocenters.